The Bertz CT molecular complexity index is 382. The first-order valence-corrected chi connectivity index (χ1v) is 7.00. The molecule has 0 aliphatic carbocycles. The SMILES string of the molecule is CC(C)(C)OC(=O)N(C(=O)OC(C)(C)C)[C@@H](CS)C(=O)O. The molecule has 0 aromatic rings. The summed E-state index contributed by atoms with van der Waals surface area (Å²) in [6.07, 6.45) is -2.17. The molecule has 0 rings (SSSR count). The number of nitrogens with zero attached hydrogens (tertiary/aromatic N) is 1. The Morgan fingerprint density at radius 3 is 1.52 bits per heavy atom. The van der Waals surface area contributed by atoms with Crippen LogP contribution in [0.3, 0.4) is 0 Å². The van der Waals surface area contributed by atoms with Gasteiger partial charge >= 0.3 is 18.2 Å². The van der Waals surface area contributed by atoms with Crippen molar-refractivity contribution in [1.29, 1.82) is 0 Å². The number of hydrogen-bond donors (Lipinski definition) is 2. The molecule has 0 bridgehead atoms. The van der Waals surface area contributed by atoms with Crippen molar-refractivity contribution in [2.24, 2.45) is 0 Å². The summed E-state index contributed by atoms with van der Waals surface area (Å²) >= 11 is 3.87. The van der Waals surface area contributed by atoms with Gasteiger partial charge in [0.1, 0.15) is 11.2 Å². The zero-order valence-electron chi connectivity index (χ0n) is 13.2. The van der Waals surface area contributed by atoms with E-state index in [1.165, 1.54) is 0 Å². The van der Waals surface area contributed by atoms with E-state index in [0.717, 1.165) is 0 Å². The summed E-state index contributed by atoms with van der Waals surface area (Å²) in [4.78, 5) is 35.8. The second-order valence-corrected chi connectivity index (χ2v) is 6.73. The average molecular weight is 321 g/mol. The molecular weight excluding hydrogens is 298 g/mol. The number of thiol groups is 1. The third-order valence-electron chi connectivity index (χ3n) is 1.95. The van der Waals surface area contributed by atoms with Crippen molar-refractivity contribution in [3.63, 3.8) is 0 Å². The van der Waals surface area contributed by atoms with Crippen LogP contribution in [0.1, 0.15) is 41.5 Å². The molecule has 0 saturated carbocycles. The molecule has 0 saturated heterocycles. The molecule has 0 aliphatic heterocycles. The molecule has 2 amide bonds. The fraction of sp³-hybridized carbons (Fsp3) is 0.769. The monoisotopic (exact) mass is 321 g/mol. The second-order valence-electron chi connectivity index (χ2n) is 6.37. The molecule has 122 valence electrons. The number of carbonyl (C=O) groups is 3. The van der Waals surface area contributed by atoms with Crippen LogP contribution >= 0.6 is 12.6 Å². The quantitative estimate of drug-likeness (QED) is 0.776. The summed E-state index contributed by atoms with van der Waals surface area (Å²) in [6, 6.07) is -1.47. The molecular formula is C13H23NO6S. The van der Waals surface area contributed by atoms with Gasteiger partial charge in [-0.25, -0.2) is 14.4 Å². The first-order valence-electron chi connectivity index (χ1n) is 6.37. The molecule has 1 N–H and O–H groups in total. The molecule has 0 spiro atoms. The van der Waals surface area contributed by atoms with Gasteiger partial charge in [0.15, 0.2) is 6.04 Å². The highest BCUT2D eigenvalue weighted by Crippen LogP contribution is 2.17. The molecule has 0 aromatic carbocycles. The molecule has 1 atom stereocenters. The van der Waals surface area contributed by atoms with E-state index >= 15 is 0 Å². The van der Waals surface area contributed by atoms with Crippen molar-refractivity contribution in [3.05, 3.63) is 0 Å². The van der Waals surface area contributed by atoms with Gasteiger partial charge < -0.3 is 14.6 Å². The lowest BCUT2D eigenvalue weighted by atomic mass is 10.2. The van der Waals surface area contributed by atoms with Gasteiger partial charge in [0, 0.05) is 5.75 Å². The van der Waals surface area contributed by atoms with Crippen LogP contribution in [0.4, 0.5) is 9.59 Å². The van der Waals surface area contributed by atoms with Crippen LogP contribution in [0, 0.1) is 0 Å². The van der Waals surface area contributed by atoms with Crippen LogP contribution < -0.4 is 0 Å². The Balaban J connectivity index is 5.42. The Morgan fingerprint density at radius 2 is 1.33 bits per heavy atom. The maximum absolute atomic E-state index is 12.1. The van der Waals surface area contributed by atoms with Gasteiger partial charge in [-0.3, -0.25) is 0 Å². The highest BCUT2D eigenvalue weighted by atomic mass is 32.1. The van der Waals surface area contributed by atoms with Gasteiger partial charge in [0.2, 0.25) is 0 Å². The number of rotatable bonds is 3. The van der Waals surface area contributed by atoms with Crippen molar-refractivity contribution in [3.8, 4) is 0 Å². The number of carboxylic acids is 1. The second kappa shape index (κ2) is 7.02. The number of ether oxygens (including phenoxy) is 2. The summed E-state index contributed by atoms with van der Waals surface area (Å²) < 4.78 is 10.1. The molecule has 0 aromatic heterocycles. The summed E-state index contributed by atoms with van der Waals surface area (Å²) in [5, 5.41) is 9.13. The smallest absolute Gasteiger partial charge is 0.420 e. The maximum Gasteiger partial charge on any atom is 0.420 e. The van der Waals surface area contributed by atoms with Crippen molar-refractivity contribution in [2.75, 3.05) is 5.75 Å². The number of carbonyl (C=O) groups excluding carboxylic acids is 2. The van der Waals surface area contributed by atoms with Crippen molar-refractivity contribution in [1.82, 2.24) is 4.90 Å². The lowest BCUT2D eigenvalue weighted by Gasteiger charge is -2.31. The minimum atomic E-state index is -1.47. The number of imide groups is 1. The Hall–Kier alpha value is -1.44. The molecule has 0 radical (unpaired) electrons. The van der Waals surface area contributed by atoms with E-state index in [0.29, 0.717) is 4.90 Å². The van der Waals surface area contributed by atoms with E-state index in [9.17, 15) is 14.4 Å². The minimum Gasteiger partial charge on any atom is -0.480 e. The van der Waals surface area contributed by atoms with E-state index < -0.39 is 35.4 Å². The van der Waals surface area contributed by atoms with Crippen molar-refractivity contribution < 1.29 is 29.0 Å². The fourth-order valence-electron chi connectivity index (χ4n) is 1.22. The molecule has 0 fully saturated rings. The first-order chi connectivity index (χ1) is 9.28. The van der Waals surface area contributed by atoms with Gasteiger partial charge in [0.05, 0.1) is 0 Å². The minimum absolute atomic E-state index is 0.256. The van der Waals surface area contributed by atoms with Crippen LogP contribution in [-0.2, 0) is 14.3 Å². The van der Waals surface area contributed by atoms with E-state index in [1.807, 2.05) is 0 Å². The molecule has 0 aliphatic rings. The largest absolute Gasteiger partial charge is 0.480 e. The summed E-state index contributed by atoms with van der Waals surface area (Å²) in [5.41, 5.74) is -1.76. The summed E-state index contributed by atoms with van der Waals surface area (Å²) in [7, 11) is 0. The van der Waals surface area contributed by atoms with Gasteiger partial charge in [0.25, 0.3) is 0 Å². The van der Waals surface area contributed by atoms with E-state index in [2.05, 4.69) is 12.6 Å². The van der Waals surface area contributed by atoms with Crippen LogP contribution in [0.25, 0.3) is 0 Å². The van der Waals surface area contributed by atoms with Crippen molar-refractivity contribution in [2.45, 2.75) is 58.8 Å². The number of carboxylic acid groups (broad SMARTS) is 1. The molecule has 0 unspecified atom stereocenters. The van der Waals surface area contributed by atoms with E-state index in [-0.39, 0.29) is 5.75 Å². The van der Waals surface area contributed by atoms with Crippen molar-refractivity contribution >= 4 is 30.8 Å². The first kappa shape index (κ1) is 19.6. The third kappa shape index (κ3) is 7.22. The maximum atomic E-state index is 12.1. The lowest BCUT2D eigenvalue weighted by molar-refractivity contribution is -0.142. The number of hydrogen-bond acceptors (Lipinski definition) is 6. The predicted octanol–water partition coefficient (Wildman–Crippen LogP) is 2.54. The average Bonchev–Trinajstić information content (AvgIpc) is 2.19. The normalized spacial score (nSPS) is 13.3. The highest BCUT2D eigenvalue weighted by molar-refractivity contribution is 7.80. The van der Waals surface area contributed by atoms with Gasteiger partial charge in [-0.15, -0.1) is 0 Å². The summed E-state index contributed by atoms with van der Waals surface area (Å²) in [5.74, 6) is -1.63. The Morgan fingerprint density at radius 1 is 1.00 bits per heavy atom. The molecule has 21 heavy (non-hydrogen) atoms. The fourth-order valence-corrected chi connectivity index (χ4v) is 1.54. The van der Waals surface area contributed by atoms with Gasteiger partial charge in [-0.2, -0.15) is 17.5 Å². The van der Waals surface area contributed by atoms with Crippen LogP contribution in [-0.4, -0.2) is 51.2 Å². The van der Waals surface area contributed by atoms with Crippen LogP contribution in [0.2, 0.25) is 0 Å². The van der Waals surface area contributed by atoms with E-state index in [4.69, 9.17) is 14.6 Å². The molecule has 0 heterocycles. The van der Waals surface area contributed by atoms with Gasteiger partial charge in [-0.1, -0.05) is 0 Å². The number of aliphatic carboxylic acids is 1. The molecule has 8 heteroatoms. The standard InChI is InChI=1S/C13H23NO6S/c1-12(2,3)19-10(17)14(8(7-21)9(15)16)11(18)20-13(4,5)6/h8,21H,7H2,1-6H3,(H,15,16)/t8-/m0/s1. The highest BCUT2D eigenvalue weighted by Gasteiger charge is 2.39. The number of amides is 2. The zero-order chi connectivity index (χ0) is 17.0. The van der Waals surface area contributed by atoms with Gasteiger partial charge in [-0.05, 0) is 41.5 Å². The lowest BCUT2D eigenvalue weighted by Crippen LogP contribution is -2.52. The third-order valence-corrected chi connectivity index (χ3v) is 2.30. The van der Waals surface area contributed by atoms with Crippen LogP contribution in [0.5, 0.6) is 0 Å². The summed E-state index contributed by atoms with van der Waals surface area (Å²) in [6.45, 7) is 9.63. The van der Waals surface area contributed by atoms with E-state index in [1.54, 1.807) is 41.5 Å². The predicted molar refractivity (Wildman–Crippen MR) is 79.6 cm³/mol. The zero-order valence-corrected chi connectivity index (χ0v) is 14.1. The topological polar surface area (TPSA) is 93.1 Å². The molecule has 7 nitrogen and oxygen atoms in total. The van der Waals surface area contributed by atoms with Crippen LogP contribution in [0.15, 0.2) is 0 Å². The Kier molecular flexibility index (Phi) is 6.54. The Labute approximate surface area is 130 Å².